The van der Waals surface area contributed by atoms with Gasteiger partial charge in [-0.1, -0.05) is 29.8 Å². The zero-order valence-corrected chi connectivity index (χ0v) is 15.6. The molecule has 4 rings (SSSR count). The zero-order chi connectivity index (χ0) is 18.8. The van der Waals surface area contributed by atoms with E-state index in [2.05, 4.69) is 46.5 Å². The highest BCUT2D eigenvalue weighted by molar-refractivity contribution is 7.17. The van der Waals surface area contributed by atoms with Crippen LogP contribution in [0.25, 0.3) is 21.3 Å². The van der Waals surface area contributed by atoms with Crippen LogP contribution in [0.1, 0.15) is 15.9 Å². The Kier molecular flexibility index (Phi) is 4.56. The van der Waals surface area contributed by atoms with Crippen LogP contribution in [0.5, 0.6) is 17.4 Å². The average Bonchev–Trinajstić information content (AvgIpc) is 3.14. The van der Waals surface area contributed by atoms with E-state index in [1.54, 1.807) is 25.3 Å². The molecule has 0 atom stereocenters. The fourth-order valence-corrected chi connectivity index (χ4v) is 3.73. The minimum Gasteiger partial charge on any atom is -0.493 e. The van der Waals surface area contributed by atoms with E-state index >= 15 is 0 Å². The summed E-state index contributed by atoms with van der Waals surface area (Å²) in [6.45, 7) is 2.06. The fourth-order valence-electron chi connectivity index (χ4n) is 2.82. The Morgan fingerprint density at radius 2 is 1.85 bits per heavy atom. The van der Waals surface area contributed by atoms with Gasteiger partial charge in [-0.3, -0.25) is 4.79 Å². The van der Waals surface area contributed by atoms with E-state index in [1.165, 1.54) is 23.2 Å². The number of ether oxygens (including phenoxy) is 2. The van der Waals surface area contributed by atoms with Gasteiger partial charge in [0.15, 0.2) is 11.5 Å². The first-order valence-electron chi connectivity index (χ1n) is 8.30. The number of carbonyl (C=O) groups excluding carboxylic acids is 1. The molecule has 2 aromatic carbocycles. The first kappa shape index (κ1) is 17.2. The lowest BCUT2D eigenvalue weighted by atomic mass is 10.0. The number of rotatable bonds is 5. The normalized spacial score (nSPS) is 10.7. The number of nitrogens with zero attached hydrogens (tertiary/aromatic N) is 2. The van der Waals surface area contributed by atoms with Crippen molar-refractivity contribution in [2.24, 2.45) is 0 Å². The van der Waals surface area contributed by atoms with Crippen LogP contribution >= 0.6 is 11.3 Å². The summed E-state index contributed by atoms with van der Waals surface area (Å²) in [7, 11) is 1.56. The standard InChI is InChI=1S/C21H16N2O3S/c1-13-3-6-15(7-4-13)16-11-27-21-19(16)20(22-12-23-21)26-18-9-14(10-24)5-8-17(18)25-2/h3-12H,1-2H3. The predicted octanol–water partition coefficient (Wildman–Crippen LogP) is 5.28. The van der Waals surface area contributed by atoms with E-state index in [1.807, 2.05) is 0 Å². The second-order valence-corrected chi connectivity index (χ2v) is 6.86. The topological polar surface area (TPSA) is 61.3 Å². The molecule has 0 unspecified atom stereocenters. The molecule has 2 heterocycles. The van der Waals surface area contributed by atoms with E-state index in [0.717, 1.165) is 27.6 Å². The number of fused-ring (bicyclic) bond motifs is 1. The molecule has 0 N–H and O–H groups in total. The smallest absolute Gasteiger partial charge is 0.231 e. The molecule has 0 fully saturated rings. The number of thiophene rings is 1. The van der Waals surface area contributed by atoms with Crippen LogP contribution in [0.15, 0.2) is 54.2 Å². The summed E-state index contributed by atoms with van der Waals surface area (Å²) in [5.41, 5.74) is 3.78. The number of hydrogen-bond acceptors (Lipinski definition) is 6. The molecule has 0 aliphatic carbocycles. The first-order valence-corrected chi connectivity index (χ1v) is 9.18. The van der Waals surface area contributed by atoms with Crippen molar-refractivity contribution >= 4 is 27.8 Å². The number of benzene rings is 2. The van der Waals surface area contributed by atoms with Crippen molar-refractivity contribution in [2.45, 2.75) is 6.92 Å². The molecule has 27 heavy (non-hydrogen) atoms. The summed E-state index contributed by atoms with van der Waals surface area (Å²) in [5, 5.41) is 2.89. The highest BCUT2D eigenvalue weighted by Gasteiger charge is 2.16. The zero-order valence-electron chi connectivity index (χ0n) is 14.8. The van der Waals surface area contributed by atoms with E-state index in [4.69, 9.17) is 9.47 Å². The van der Waals surface area contributed by atoms with Crippen LogP contribution in [0.4, 0.5) is 0 Å². The van der Waals surface area contributed by atoms with Crippen molar-refractivity contribution in [3.05, 3.63) is 65.3 Å². The maximum absolute atomic E-state index is 11.1. The third kappa shape index (κ3) is 3.27. The average molecular weight is 376 g/mol. The highest BCUT2D eigenvalue weighted by atomic mass is 32.1. The van der Waals surface area contributed by atoms with Crippen LogP contribution in [0, 0.1) is 6.92 Å². The summed E-state index contributed by atoms with van der Waals surface area (Å²) in [5.74, 6) is 1.39. The molecule has 6 heteroatoms. The van der Waals surface area contributed by atoms with Gasteiger partial charge in [0, 0.05) is 16.5 Å². The second-order valence-electron chi connectivity index (χ2n) is 6.00. The quantitative estimate of drug-likeness (QED) is 0.444. The van der Waals surface area contributed by atoms with Crippen LogP contribution in [-0.2, 0) is 0 Å². The number of aryl methyl sites for hydroxylation is 1. The maximum Gasteiger partial charge on any atom is 0.231 e. The molecule has 5 nitrogen and oxygen atoms in total. The van der Waals surface area contributed by atoms with Gasteiger partial charge in [-0.05, 0) is 30.7 Å². The van der Waals surface area contributed by atoms with E-state index in [9.17, 15) is 4.79 Å². The summed E-state index contributed by atoms with van der Waals surface area (Å²) >= 11 is 1.54. The number of aldehydes is 1. The van der Waals surface area contributed by atoms with E-state index < -0.39 is 0 Å². The molecule has 0 aliphatic heterocycles. The van der Waals surface area contributed by atoms with Crippen LogP contribution in [-0.4, -0.2) is 23.4 Å². The SMILES string of the molecule is COc1ccc(C=O)cc1Oc1ncnc2scc(-c3ccc(C)cc3)c12. The number of carbonyl (C=O) groups is 1. The van der Waals surface area contributed by atoms with Crippen molar-refractivity contribution < 1.29 is 14.3 Å². The fraction of sp³-hybridized carbons (Fsp3) is 0.0952. The van der Waals surface area contributed by atoms with Crippen molar-refractivity contribution in [3.8, 4) is 28.5 Å². The summed E-state index contributed by atoms with van der Waals surface area (Å²) < 4.78 is 11.4. The molecule has 4 aromatic rings. The van der Waals surface area contributed by atoms with Gasteiger partial charge in [-0.25, -0.2) is 9.97 Å². The molecule has 0 bridgehead atoms. The van der Waals surface area contributed by atoms with Gasteiger partial charge < -0.3 is 9.47 Å². The highest BCUT2D eigenvalue weighted by Crippen LogP contribution is 2.40. The van der Waals surface area contributed by atoms with Crippen molar-refractivity contribution in [1.29, 1.82) is 0 Å². The Morgan fingerprint density at radius 3 is 2.59 bits per heavy atom. The lowest BCUT2D eigenvalue weighted by Gasteiger charge is -2.11. The Labute approximate surface area is 160 Å². The summed E-state index contributed by atoms with van der Waals surface area (Å²) in [6, 6.07) is 13.3. The van der Waals surface area contributed by atoms with Gasteiger partial charge in [-0.15, -0.1) is 11.3 Å². The molecule has 0 saturated carbocycles. The molecule has 0 saturated heterocycles. The van der Waals surface area contributed by atoms with Crippen molar-refractivity contribution in [2.75, 3.05) is 7.11 Å². The maximum atomic E-state index is 11.1. The number of methoxy groups -OCH3 is 1. The van der Waals surface area contributed by atoms with Gasteiger partial charge in [0.1, 0.15) is 17.4 Å². The molecule has 0 aliphatic rings. The number of aromatic nitrogens is 2. The van der Waals surface area contributed by atoms with Gasteiger partial charge in [0.25, 0.3) is 0 Å². The van der Waals surface area contributed by atoms with Crippen molar-refractivity contribution in [3.63, 3.8) is 0 Å². The third-order valence-electron chi connectivity index (χ3n) is 4.23. The molecule has 0 spiro atoms. The Bertz CT molecular complexity index is 1120. The molecule has 0 radical (unpaired) electrons. The molecule has 2 aromatic heterocycles. The minimum absolute atomic E-state index is 0.429. The van der Waals surface area contributed by atoms with Crippen LogP contribution < -0.4 is 9.47 Å². The molecular weight excluding hydrogens is 360 g/mol. The van der Waals surface area contributed by atoms with Gasteiger partial charge in [0.2, 0.25) is 5.88 Å². The largest absolute Gasteiger partial charge is 0.493 e. The van der Waals surface area contributed by atoms with Gasteiger partial charge in [0.05, 0.1) is 12.5 Å². The summed E-state index contributed by atoms with van der Waals surface area (Å²) in [6.07, 6.45) is 2.24. The lowest BCUT2D eigenvalue weighted by Crippen LogP contribution is -1.95. The lowest BCUT2D eigenvalue weighted by molar-refractivity contribution is 0.112. The first-order chi connectivity index (χ1) is 13.2. The second kappa shape index (κ2) is 7.17. The van der Waals surface area contributed by atoms with E-state index in [-0.39, 0.29) is 0 Å². The minimum atomic E-state index is 0.429. The predicted molar refractivity (Wildman–Crippen MR) is 106 cm³/mol. The third-order valence-corrected chi connectivity index (χ3v) is 5.11. The Hall–Kier alpha value is -3.25. The molecule has 0 amide bonds. The van der Waals surface area contributed by atoms with Crippen molar-refractivity contribution in [1.82, 2.24) is 9.97 Å². The molecule has 134 valence electrons. The number of hydrogen-bond donors (Lipinski definition) is 0. The Balaban J connectivity index is 1.84. The Morgan fingerprint density at radius 1 is 1.04 bits per heavy atom. The monoisotopic (exact) mass is 376 g/mol. The molecular formula is C21H16N2O3S. The van der Waals surface area contributed by atoms with Crippen LogP contribution in [0.3, 0.4) is 0 Å². The van der Waals surface area contributed by atoms with Gasteiger partial charge in [-0.2, -0.15) is 0 Å². The summed E-state index contributed by atoms with van der Waals surface area (Å²) in [4.78, 5) is 20.7. The van der Waals surface area contributed by atoms with Crippen LogP contribution in [0.2, 0.25) is 0 Å². The van der Waals surface area contributed by atoms with E-state index in [0.29, 0.717) is 22.9 Å². The van der Waals surface area contributed by atoms with Gasteiger partial charge >= 0.3 is 0 Å².